The third kappa shape index (κ3) is 1.88. The summed E-state index contributed by atoms with van der Waals surface area (Å²) in [6, 6.07) is 9.42. The van der Waals surface area contributed by atoms with Crippen LogP contribution in [0.3, 0.4) is 0 Å². The molecule has 0 aliphatic carbocycles. The number of fused-ring (bicyclic) bond motifs is 3. The Morgan fingerprint density at radius 1 is 1.32 bits per heavy atom. The molecule has 3 nitrogen and oxygen atoms in total. The Morgan fingerprint density at radius 3 is 2.82 bits per heavy atom. The number of benzene rings is 1. The molecule has 22 heavy (non-hydrogen) atoms. The lowest BCUT2D eigenvalue weighted by atomic mass is 9.72. The summed E-state index contributed by atoms with van der Waals surface area (Å²) in [6.07, 6.45) is 4.70. The van der Waals surface area contributed by atoms with E-state index in [1.54, 1.807) is 0 Å². The molecular formula is C19H25NO2. The number of aryl methyl sites for hydroxylation is 1. The summed E-state index contributed by atoms with van der Waals surface area (Å²) in [5.41, 5.74) is 2.38. The topological polar surface area (TPSA) is 36.6 Å². The zero-order valence-corrected chi connectivity index (χ0v) is 13.5. The highest BCUT2D eigenvalue weighted by molar-refractivity contribution is 5.81. The van der Waals surface area contributed by atoms with E-state index in [1.807, 2.05) is 6.07 Å². The molecule has 1 N–H and O–H groups in total. The van der Waals surface area contributed by atoms with Crippen molar-refractivity contribution in [2.75, 3.05) is 6.61 Å². The fourth-order valence-corrected chi connectivity index (χ4v) is 4.86. The molecule has 3 atom stereocenters. The van der Waals surface area contributed by atoms with Gasteiger partial charge < -0.3 is 9.52 Å². The second-order valence-corrected chi connectivity index (χ2v) is 7.14. The maximum absolute atomic E-state index is 9.94. The van der Waals surface area contributed by atoms with Gasteiger partial charge in [0.2, 0.25) is 0 Å². The first-order valence-corrected chi connectivity index (χ1v) is 8.52. The zero-order chi connectivity index (χ0) is 15.3. The fraction of sp³-hybridized carbons (Fsp3) is 0.579. The van der Waals surface area contributed by atoms with Crippen LogP contribution in [0, 0.1) is 12.3 Å². The zero-order valence-electron chi connectivity index (χ0n) is 13.5. The Hall–Kier alpha value is -1.32. The average molecular weight is 299 g/mol. The van der Waals surface area contributed by atoms with Crippen molar-refractivity contribution in [2.24, 2.45) is 5.41 Å². The molecule has 0 saturated carbocycles. The van der Waals surface area contributed by atoms with E-state index in [4.69, 9.17) is 4.42 Å². The average Bonchev–Trinajstić information content (AvgIpc) is 3.19. The van der Waals surface area contributed by atoms with Gasteiger partial charge in [-0.15, -0.1) is 0 Å². The van der Waals surface area contributed by atoms with E-state index in [1.165, 1.54) is 23.8 Å². The Bertz CT molecular complexity index is 686. The highest BCUT2D eigenvalue weighted by Crippen LogP contribution is 2.52. The molecule has 1 aromatic heterocycles. The van der Waals surface area contributed by atoms with E-state index in [0.29, 0.717) is 18.7 Å². The summed E-state index contributed by atoms with van der Waals surface area (Å²) in [5, 5.41) is 11.2. The molecule has 118 valence electrons. The molecule has 2 fully saturated rings. The van der Waals surface area contributed by atoms with Gasteiger partial charge in [-0.2, -0.15) is 0 Å². The molecule has 2 aliphatic rings. The lowest BCUT2D eigenvalue weighted by Crippen LogP contribution is -2.39. The molecular weight excluding hydrogens is 274 g/mol. The van der Waals surface area contributed by atoms with Crippen molar-refractivity contribution in [3.05, 3.63) is 35.6 Å². The highest BCUT2D eigenvalue weighted by Gasteiger charge is 2.54. The molecule has 0 radical (unpaired) electrons. The van der Waals surface area contributed by atoms with Gasteiger partial charge in [0, 0.05) is 22.9 Å². The first kappa shape index (κ1) is 14.3. The number of aliphatic hydroxyl groups excluding tert-OH is 1. The van der Waals surface area contributed by atoms with Crippen LogP contribution in [0.1, 0.15) is 43.9 Å². The fourth-order valence-electron chi connectivity index (χ4n) is 4.86. The van der Waals surface area contributed by atoms with Gasteiger partial charge in [0.15, 0.2) is 0 Å². The molecule has 0 unspecified atom stereocenters. The van der Waals surface area contributed by atoms with Crippen molar-refractivity contribution < 1.29 is 9.52 Å². The van der Waals surface area contributed by atoms with Crippen LogP contribution in [0.2, 0.25) is 0 Å². The van der Waals surface area contributed by atoms with Crippen molar-refractivity contribution in [2.45, 2.75) is 58.2 Å². The van der Waals surface area contributed by atoms with Crippen LogP contribution in [0.4, 0.5) is 0 Å². The van der Waals surface area contributed by atoms with E-state index in [0.717, 1.165) is 30.7 Å². The molecule has 3 heteroatoms. The van der Waals surface area contributed by atoms with E-state index >= 15 is 0 Å². The molecule has 2 saturated heterocycles. The lowest BCUT2D eigenvalue weighted by molar-refractivity contribution is 0.0698. The van der Waals surface area contributed by atoms with Gasteiger partial charge in [0.25, 0.3) is 0 Å². The molecule has 2 aromatic rings. The molecule has 0 amide bonds. The van der Waals surface area contributed by atoms with E-state index in [-0.39, 0.29) is 5.41 Å². The molecule has 0 spiro atoms. The third-order valence-corrected chi connectivity index (χ3v) is 6.28. The summed E-state index contributed by atoms with van der Waals surface area (Å²) in [4.78, 5) is 2.60. The van der Waals surface area contributed by atoms with Crippen LogP contribution < -0.4 is 0 Å². The second-order valence-electron chi connectivity index (χ2n) is 7.14. The molecule has 2 aliphatic heterocycles. The van der Waals surface area contributed by atoms with Crippen LogP contribution in [-0.4, -0.2) is 28.7 Å². The summed E-state index contributed by atoms with van der Waals surface area (Å²) < 4.78 is 6.12. The minimum absolute atomic E-state index is 0.114. The highest BCUT2D eigenvalue weighted by atomic mass is 16.3. The third-order valence-electron chi connectivity index (χ3n) is 6.28. The van der Waals surface area contributed by atoms with Crippen LogP contribution in [0.15, 0.2) is 28.7 Å². The van der Waals surface area contributed by atoms with Crippen molar-refractivity contribution in [1.29, 1.82) is 0 Å². The summed E-state index contributed by atoms with van der Waals surface area (Å²) in [7, 11) is 0. The number of para-hydroxylation sites is 1. The van der Waals surface area contributed by atoms with Crippen LogP contribution >= 0.6 is 0 Å². The van der Waals surface area contributed by atoms with Crippen molar-refractivity contribution in [1.82, 2.24) is 4.90 Å². The largest absolute Gasteiger partial charge is 0.459 e. The Morgan fingerprint density at radius 2 is 2.14 bits per heavy atom. The molecule has 3 heterocycles. The minimum Gasteiger partial charge on any atom is -0.459 e. The van der Waals surface area contributed by atoms with E-state index in [9.17, 15) is 5.11 Å². The van der Waals surface area contributed by atoms with Gasteiger partial charge in [-0.1, -0.05) is 25.1 Å². The SMILES string of the molecule is CC[C@@]1(CO)C[C@@H]2CC[C@H]1N2Cc1oc2ccccc2c1C. The van der Waals surface area contributed by atoms with E-state index < -0.39 is 0 Å². The number of rotatable bonds is 4. The molecule has 2 bridgehead atoms. The predicted molar refractivity (Wildman–Crippen MR) is 87.7 cm³/mol. The van der Waals surface area contributed by atoms with Crippen molar-refractivity contribution in [3.63, 3.8) is 0 Å². The minimum atomic E-state index is 0.114. The van der Waals surface area contributed by atoms with Crippen LogP contribution in [0.5, 0.6) is 0 Å². The van der Waals surface area contributed by atoms with Gasteiger partial charge in [0.1, 0.15) is 11.3 Å². The first-order valence-electron chi connectivity index (χ1n) is 8.52. The van der Waals surface area contributed by atoms with Crippen molar-refractivity contribution >= 4 is 11.0 Å². The summed E-state index contributed by atoms with van der Waals surface area (Å²) in [6.45, 7) is 5.59. The smallest absolute Gasteiger partial charge is 0.134 e. The maximum atomic E-state index is 9.94. The normalized spacial score (nSPS) is 31.4. The summed E-state index contributed by atoms with van der Waals surface area (Å²) in [5.74, 6) is 1.10. The van der Waals surface area contributed by atoms with Gasteiger partial charge in [-0.3, -0.25) is 4.90 Å². The predicted octanol–water partition coefficient (Wildman–Crippen LogP) is 3.87. The Kier molecular flexibility index (Phi) is 3.31. The Balaban J connectivity index is 1.65. The van der Waals surface area contributed by atoms with Crippen LogP contribution in [-0.2, 0) is 6.54 Å². The Labute approximate surface area is 131 Å². The standard InChI is InChI=1S/C19H25NO2/c1-3-19(12-21)10-14-8-9-18(19)20(14)11-17-13(2)15-6-4-5-7-16(15)22-17/h4-7,14,18,21H,3,8-12H2,1-2H3/t14-,18+,19-/m0/s1. The number of aliphatic hydroxyl groups is 1. The van der Waals surface area contributed by atoms with Gasteiger partial charge >= 0.3 is 0 Å². The first-order chi connectivity index (χ1) is 10.7. The number of furan rings is 1. The second kappa shape index (κ2) is 5.10. The number of hydrogen-bond acceptors (Lipinski definition) is 3. The van der Waals surface area contributed by atoms with Crippen LogP contribution in [0.25, 0.3) is 11.0 Å². The molecule has 4 rings (SSSR count). The number of nitrogens with zero attached hydrogens (tertiary/aromatic N) is 1. The maximum Gasteiger partial charge on any atom is 0.134 e. The van der Waals surface area contributed by atoms with Crippen molar-refractivity contribution in [3.8, 4) is 0 Å². The lowest BCUT2D eigenvalue weighted by Gasteiger charge is -2.35. The number of hydrogen-bond donors (Lipinski definition) is 1. The summed E-state index contributed by atoms with van der Waals surface area (Å²) >= 11 is 0. The van der Waals surface area contributed by atoms with Gasteiger partial charge in [-0.25, -0.2) is 0 Å². The quantitative estimate of drug-likeness (QED) is 0.931. The molecule has 1 aromatic carbocycles. The van der Waals surface area contributed by atoms with Gasteiger partial charge in [0.05, 0.1) is 13.2 Å². The van der Waals surface area contributed by atoms with Gasteiger partial charge in [-0.05, 0) is 44.2 Å². The monoisotopic (exact) mass is 299 g/mol. The van der Waals surface area contributed by atoms with E-state index in [2.05, 4.69) is 36.9 Å².